The second-order valence-electron chi connectivity index (χ2n) is 8.35. The highest BCUT2D eigenvalue weighted by atomic mass is 19.4. The fraction of sp³-hybridized carbons (Fsp3) is 0.364. The smallest absolute Gasteiger partial charge is 0.365 e. The molecule has 1 aliphatic carbocycles. The maximum Gasteiger partial charge on any atom is 0.417 e. The van der Waals surface area contributed by atoms with Crippen LogP contribution in [0, 0.1) is 18.7 Å². The highest BCUT2D eigenvalue weighted by molar-refractivity contribution is 6.00. The molecule has 1 saturated heterocycles. The summed E-state index contributed by atoms with van der Waals surface area (Å²) in [6.07, 6.45) is -2.17. The summed E-state index contributed by atoms with van der Waals surface area (Å²) in [4.78, 5) is 23.1. The Balaban J connectivity index is 1.38. The van der Waals surface area contributed by atoms with Gasteiger partial charge in [-0.15, -0.1) is 0 Å². The highest BCUT2D eigenvalue weighted by Gasteiger charge is 2.47. The van der Waals surface area contributed by atoms with E-state index in [0.29, 0.717) is 18.2 Å². The number of carbonyl (C=O) groups is 1. The number of hydrogen-bond donors (Lipinski definition) is 1. The normalized spacial score (nSPS) is 22.1. The monoisotopic (exact) mass is 461 g/mol. The zero-order valence-electron chi connectivity index (χ0n) is 17.4. The van der Waals surface area contributed by atoms with Crippen LogP contribution in [0.3, 0.4) is 0 Å². The van der Waals surface area contributed by atoms with Crippen LogP contribution >= 0.6 is 0 Å². The number of carbonyl (C=O) groups excluding carboxylic acids is 1. The minimum atomic E-state index is -4.46. The average Bonchev–Trinajstić information content (AvgIpc) is 3.48. The summed E-state index contributed by atoms with van der Waals surface area (Å²) in [5, 5.41) is 6.85. The molecule has 3 atom stereocenters. The molecule has 172 valence electrons. The molecule has 2 aliphatic rings. The Bertz CT molecular complexity index is 1190. The Kier molecular flexibility index (Phi) is 5.06. The van der Waals surface area contributed by atoms with E-state index in [-0.39, 0.29) is 40.9 Å². The largest absolute Gasteiger partial charge is 0.417 e. The Morgan fingerprint density at radius 2 is 2.03 bits per heavy atom. The SMILES string of the molecule is Cc1noc(-c2c(F)cccc2C(=O)N2C[C@H]3C[C@@H](Nc4ccc(C(F)(F)F)cn4)[C@@H]2C3)n1. The average molecular weight is 461 g/mol. The molecule has 0 unspecified atom stereocenters. The second kappa shape index (κ2) is 7.82. The lowest BCUT2D eigenvalue weighted by atomic mass is 10.0. The van der Waals surface area contributed by atoms with E-state index < -0.39 is 17.6 Å². The van der Waals surface area contributed by atoms with E-state index in [1.54, 1.807) is 11.8 Å². The molecule has 1 amide bonds. The molecule has 5 rings (SSSR count). The standard InChI is InChI=1S/C22H19F4N5O2/c1-11-28-20(33-30-11)19-14(3-2-4-15(19)23)21(32)31-10-12-7-16(17(31)8-12)29-18-6-5-13(9-27-18)22(24,25)26/h2-6,9,12,16-17H,7-8,10H2,1H3,(H,27,29)/t12-,16+,17-/m0/s1. The number of likely N-dealkylation sites (tertiary alicyclic amines) is 1. The molecule has 7 nitrogen and oxygen atoms in total. The van der Waals surface area contributed by atoms with Crippen LogP contribution in [0.4, 0.5) is 23.4 Å². The lowest BCUT2D eigenvalue weighted by Crippen LogP contribution is -2.47. The van der Waals surface area contributed by atoms with Crippen molar-refractivity contribution in [1.82, 2.24) is 20.0 Å². The second-order valence-corrected chi connectivity index (χ2v) is 8.35. The molecule has 0 spiro atoms. The molecule has 1 N–H and O–H groups in total. The van der Waals surface area contributed by atoms with Gasteiger partial charge in [-0.3, -0.25) is 4.79 Å². The van der Waals surface area contributed by atoms with E-state index in [4.69, 9.17) is 4.52 Å². The van der Waals surface area contributed by atoms with Crippen LogP contribution in [-0.4, -0.2) is 44.6 Å². The number of pyridine rings is 1. The topological polar surface area (TPSA) is 84.2 Å². The molecule has 2 aromatic heterocycles. The number of anilines is 1. The van der Waals surface area contributed by atoms with Gasteiger partial charge in [0.1, 0.15) is 11.6 Å². The van der Waals surface area contributed by atoms with Crippen LogP contribution in [0.2, 0.25) is 0 Å². The zero-order chi connectivity index (χ0) is 23.3. The first-order valence-electron chi connectivity index (χ1n) is 10.4. The molecule has 1 aromatic carbocycles. The molecule has 3 aromatic rings. The number of amides is 1. The summed E-state index contributed by atoms with van der Waals surface area (Å²) in [5.74, 6) is -0.214. The number of alkyl halides is 3. The van der Waals surface area contributed by atoms with Gasteiger partial charge in [0, 0.05) is 18.8 Å². The third-order valence-electron chi connectivity index (χ3n) is 6.15. The molecule has 0 radical (unpaired) electrons. The zero-order valence-corrected chi connectivity index (χ0v) is 17.4. The van der Waals surface area contributed by atoms with Gasteiger partial charge in [-0.25, -0.2) is 9.37 Å². The molecule has 33 heavy (non-hydrogen) atoms. The molecule has 2 fully saturated rings. The predicted molar refractivity (Wildman–Crippen MR) is 109 cm³/mol. The van der Waals surface area contributed by atoms with Gasteiger partial charge >= 0.3 is 6.18 Å². The van der Waals surface area contributed by atoms with E-state index in [2.05, 4.69) is 20.4 Å². The van der Waals surface area contributed by atoms with Gasteiger partial charge in [0.15, 0.2) is 5.82 Å². The van der Waals surface area contributed by atoms with Crippen molar-refractivity contribution in [3.63, 3.8) is 0 Å². The van der Waals surface area contributed by atoms with Crippen molar-refractivity contribution >= 4 is 11.7 Å². The number of piperidine rings is 1. The number of rotatable bonds is 4. The Morgan fingerprint density at radius 1 is 1.21 bits per heavy atom. The van der Waals surface area contributed by atoms with E-state index in [1.807, 2.05) is 0 Å². The van der Waals surface area contributed by atoms with Gasteiger partial charge in [0.05, 0.1) is 22.7 Å². The van der Waals surface area contributed by atoms with Gasteiger partial charge in [-0.1, -0.05) is 11.2 Å². The summed E-state index contributed by atoms with van der Waals surface area (Å²) in [7, 11) is 0. The summed E-state index contributed by atoms with van der Waals surface area (Å²) in [6, 6.07) is 6.06. The number of benzene rings is 1. The lowest BCUT2D eigenvalue weighted by Gasteiger charge is -2.34. The van der Waals surface area contributed by atoms with Crippen molar-refractivity contribution in [2.45, 2.75) is 38.0 Å². The summed E-state index contributed by atoms with van der Waals surface area (Å²) >= 11 is 0. The first-order valence-corrected chi connectivity index (χ1v) is 10.4. The summed E-state index contributed by atoms with van der Waals surface area (Å²) < 4.78 is 58.1. The first-order chi connectivity index (χ1) is 15.7. The fourth-order valence-corrected chi connectivity index (χ4v) is 4.72. The first kappa shape index (κ1) is 21.4. The molecule has 3 heterocycles. The number of aryl methyl sites for hydroxylation is 1. The lowest BCUT2D eigenvalue weighted by molar-refractivity contribution is -0.137. The number of hydrogen-bond acceptors (Lipinski definition) is 6. The summed E-state index contributed by atoms with van der Waals surface area (Å²) in [6.45, 7) is 2.11. The number of nitrogens with zero attached hydrogens (tertiary/aromatic N) is 4. The van der Waals surface area contributed by atoms with Crippen molar-refractivity contribution in [2.24, 2.45) is 5.92 Å². The van der Waals surface area contributed by atoms with Crippen LogP contribution in [0.15, 0.2) is 41.1 Å². The predicted octanol–water partition coefficient (Wildman–Crippen LogP) is 4.31. The van der Waals surface area contributed by atoms with Crippen molar-refractivity contribution in [3.05, 3.63) is 59.3 Å². The minimum Gasteiger partial charge on any atom is -0.365 e. The number of aromatic nitrogens is 3. The maximum atomic E-state index is 14.7. The maximum absolute atomic E-state index is 14.7. The Labute approximate surface area is 185 Å². The van der Waals surface area contributed by atoms with Gasteiger partial charge in [-0.2, -0.15) is 18.2 Å². The summed E-state index contributed by atoms with van der Waals surface area (Å²) in [5.41, 5.74) is -0.745. The van der Waals surface area contributed by atoms with Gasteiger partial charge in [0.2, 0.25) is 0 Å². The molecule has 11 heteroatoms. The van der Waals surface area contributed by atoms with Gasteiger partial charge < -0.3 is 14.7 Å². The highest BCUT2D eigenvalue weighted by Crippen LogP contribution is 2.41. The number of halogens is 4. The van der Waals surface area contributed by atoms with Crippen molar-refractivity contribution in [1.29, 1.82) is 0 Å². The van der Waals surface area contributed by atoms with Gasteiger partial charge in [-0.05, 0) is 49.9 Å². The van der Waals surface area contributed by atoms with Crippen LogP contribution in [-0.2, 0) is 6.18 Å². The van der Waals surface area contributed by atoms with Crippen molar-refractivity contribution in [3.8, 4) is 11.5 Å². The van der Waals surface area contributed by atoms with E-state index in [0.717, 1.165) is 25.1 Å². The quantitative estimate of drug-likeness (QED) is 0.583. The minimum absolute atomic E-state index is 0.0419. The number of nitrogens with one attached hydrogen (secondary N) is 1. The molecule has 2 bridgehead atoms. The van der Waals surface area contributed by atoms with Crippen LogP contribution in [0.5, 0.6) is 0 Å². The molecular weight excluding hydrogens is 442 g/mol. The van der Waals surface area contributed by atoms with E-state index in [1.165, 1.54) is 24.3 Å². The van der Waals surface area contributed by atoms with Crippen LogP contribution in [0.1, 0.15) is 34.6 Å². The number of fused-ring (bicyclic) bond motifs is 2. The fourth-order valence-electron chi connectivity index (χ4n) is 4.72. The third kappa shape index (κ3) is 3.91. The van der Waals surface area contributed by atoms with Gasteiger partial charge in [0.25, 0.3) is 11.8 Å². The van der Waals surface area contributed by atoms with Crippen LogP contribution < -0.4 is 5.32 Å². The van der Waals surface area contributed by atoms with Crippen LogP contribution in [0.25, 0.3) is 11.5 Å². The van der Waals surface area contributed by atoms with Crippen molar-refractivity contribution in [2.75, 3.05) is 11.9 Å². The Morgan fingerprint density at radius 3 is 2.67 bits per heavy atom. The molecule has 1 saturated carbocycles. The molecule has 1 aliphatic heterocycles. The third-order valence-corrected chi connectivity index (χ3v) is 6.15. The molecular formula is C22H19F4N5O2. The van der Waals surface area contributed by atoms with E-state index in [9.17, 15) is 22.4 Å². The van der Waals surface area contributed by atoms with Crippen molar-refractivity contribution < 1.29 is 26.9 Å². The Hall–Kier alpha value is -3.50. The van der Waals surface area contributed by atoms with E-state index >= 15 is 0 Å².